The zero-order valence-electron chi connectivity index (χ0n) is 10.1. The quantitative estimate of drug-likeness (QED) is 0.820. The number of hydrogen-bond acceptors (Lipinski definition) is 4. The summed E-state index contributed by atoms with van der Waals surface area (Å²) < 4.78 is 24.5. The topological polar surface area (TPSA) is 75.1 Å². The van der Waals surface area contributed by atoms with Crippen LogP contribution in [0.2, 0.25) is 0 Å². The van der Waals surface area contributed by atoms with Gasteiger partial charge >= 0.3 is 5.97 Å². The number of rotatable bonds is 6. The van der Waals surface area contributed by atoms with E-state index in [2.05, 4.69) is 15.3 Å². The Morgan fingerprint density at radius 2 is 1.94 bits per heavy atom. The molecule has 0 saturated heterocycles. The van der Waals surface area contributed by atoms with Gasteiger partial charge in [-0.05, 0) is 12.3 Å². The Morgan fingerprint density at radius 1 is 1.39 bits per heavy atom. The van der Waals surface area contributed by atoms with Crippen LogP contribution in [0.4, 0.5) is 14.7 Å². The molecule has 1 atom stereocenters. The molecule has 0 aliphatic carbocycles. The van der Waals surface area contributed by atoms with Crippen LogP contribution < -0.4 is 5.32 Å². The summed E-state index contributed by atoms with van der Waals surface area (Å²) in [5, 5.41) is 11.6. The van der Waals surface area contributed by atoms with Crippen molar-refractivity contribution in [3.63, 3.8) is 0 Å². The van der Waals surface area contributed by atoms with Crippen LogP contribution >= 0.6 is 0 Å². The fraction of sp³-hybridized carbons (Fsp3) is 0.545. The average Bonchev–Trinajstić information content (AvgIpc) is 2.28. The zero-order chi connectivity index (χ0) is 13.7. The number of carbonyl (C=O) groups is 1. The van der Waals surface area contributed by atoms with Gasteiger partial charge in [-0.1, -0.05) is 13.8 Å². The smallest absolute Gasteiger partial charge is 0.326 e. The van der Waals surface area contributed by atoms with Crippen molar-refractivity contribution in [2.75, 3.05) is 5.32 Å². The molecule has 1 aromatic heterocycles. The van der Waals surface area contributed by atoms with Gasteiger partial charge in [0.05, 0.1) is 5.56 Å². The molecule has 0 spiro atoms. The van der Waals surface area contributed by atoms with Crippen molar-refractivity contribution in [3.8, 4) is 0 Å². The number of aliphatic carboxylic acids is 1. The van der Waals surface area contributed by atoms with Crippen molar-refractivity contribution < 1.29 is 18.7 Å². The van der Waals surface area contributed by atoms with E-state index in [9.17, 15) is 13.6 Å². The Hall–Kier alpha value is -1.79. The third kappa shape index (κ3) is 4.23. The van der Waals surface area contributed by atoms with Crippen LogP contribution in [-0.4, -0.2) is 27.1 Å². The van der Waals surface area contributed by atoms with Crippen molar-refractivity contribution in [1.29, 1.82) is 0 Å². The first-order chi connectivity index (χ1) is 8.40. The number of hydrogen-bond donors (Lipinski definition) is 2. The van der Waals surface area contributed by atoms with Crippen LogP contribution in [0.3, 0.4) is 0 Å². The van der Waals surface area contributed by atoms with Crippen LogP contribution in [0, 0.1) is 5.92 Å². The molecule has 0 unspecified atom stereocenters. The van der Waals surface area contributed by atoms with Gasteiger partial charge in [-0.25, -0.2) is 23.5 Å². The molecule has 0 fully saturated rings. The van der Waals surface area contributed by atoms with E-state index < -0.39 is 18.4 Å². The van der Waals surface area contributed by atoms with Gasteiger partial charge in [-0.3, -0.25) is 0 Å². The Bertz CT molecular complexity index is 396. The van der Waals surface area contributed by atoms with Gasteiger partial charge < -0.3 is 10.4 Å². The summed E-state index contributed by atoms with van der Waals surface area (Å²) in [5.74, 6) is -0.809. The van der Waals surface area contributed by atoms with E-state index in [0.717, 1.165) is 12.4 Å². The van der Waals surface area contributed by atoms with Crippen molar-refractivity contribution >= 4 is 11.9 Å². The number of carboxylic acids is 1. The summed E-state index contributed by atoms with van der Waals surface area (Å²) in [7, 11) is 0. The summed E-state index contributed by atoms with van der Waals surface area (Å²) in [5.41, 5.74) is -0.295. The van der Waals surface area contributed by atoms with Gasteiger partial charge in [0.15, 0.2) is 0 Å². The Morgan fingerprint density at radius 3 is 2.33 bits per heavy atom. The van der Waals surface area contributed by atoms with Gasteiger partial charge in [0.25, 0.3) is 6.43 Å². The van der Waals surface area contributed by atoms with E-state index in [4.69, 9.17) is 5.11 Å². The van der Waals surface area contributed by atoms with Crippen LogP contribution in [0.1, 0.15) is 32.3 Å². The maximum Gasteiger partial charge on any atom is 0.326 e. The minimum Gasteiger partial charge on any atom is -0.480 e. The lowest BCUT2D eigenvalue weighted by Crippen LogP contribution is -2.31. The third-order valence-electron chi connectivity index (χ3n) is 2.23. The predicted octanol–water partition coefficient (Wildman–Crippen LogP) is 2.33. The van der Waals surface area contributed by atoms with E-state index >= 15 is 0 Å². The zero-order valence-corrected chi connectivity index (χ0v) is 10.1. The fourth-order valence-electron chi connectivity index (χ4n) is 1.37. The Balaban J connectivity index is 2.72. The highest BCUT2D eigenvalue weighted by Crippen LogP contribution is 2.17. The van der Waals surface area contributed by atoms with Gasteiger partial charge in [0, 0.05) is 12.4 Å². The molecule has 1 heterocycles. The molecule has 7 heteroatoms. The molecule has 1 rings (SSSR count). The molecule has 2 N–H and O–H groups in total. The number of anilines is 1. The predicted molar refractivity (Wildman–Crippen MR) is 61.5 cm³/mol. The number of halogens is 2. The number of alkyl halides is 2. The lowest BCUT2D eigenvalue weighted by Gasteiger charge is -2.16. The molecular formula is C11H15F2N3O2. The molecule has 0 saturated carbocycles. The standard InChI is InChI=1S/C11H15F2N3O2/c1-6(2)3-8(10(17)18)16-11-14-4-7(5-15-11)9(12)13/h4-6,8-9H,3H2,1-2H3,(H,17,18)(H,14,15,16)/t8-/m1/s1. The Kier molecular flexibility index (Phi) is 4.94. The summed E-state index contributed by atoms with van der Waals surface area (Å²) in [6.07, 6.45) is -0.275. The molecule has 1 aromatic rings. The third-order valence-corrected chi connectivity index (χ3v) is 2.23. The minimum atomic E-state index is -2.63. The lowest BCUT2D eigenvalue weighted by molar-refractivity contribution is -0.138. The molecule has 0 aromatic carbocycles. The van der Waals surface area contributed by atoms with Crippen LogP contribution in [0.15, 0.2) is 12.4 Å². The first kappa shape index (κ1) is 14.3. The molecule has 100 valence electrons. The second-order valence-corrected chi connectivity index (χ2v) is 4.31. The summed E-state index contributed by atoms with van der Waals surface area (Å²) in [6.45, 7) is 3.77. The monoisotopic (exact) mass is 259 g/mol. The Labute approximate surface area is 103 Å². The highest BCUT2D eigenvalue weighted by Gasteiger charge is 2.19. The first-order valence-corrected chi connectivity index (χ1v) is 5.49. The number of aromatic nitrogens is 2. The van der Waals surface area contributed by atoms with Crippen LogP contribution in [0.5, 0.6) is 0 Å². The second-order valence-electron chi connectivity index (χ2n) is 4.31. The largest absolute Gasteiger partial charge is 0.480 e. The van der Waals surface area contributed by atoms with Crippen molar-refractivity contribution in [2.45, 2.75) is 32.7 Å². The van der Waals surface area contributed by atoms with E-state index in [0.29, 0.717) is 6.42 Å². The van der Waals surface area contributed by atoms with Crippen molar-refractivity contribution in [1.82, 2.24) is 9.97 Å². The molecule has 18 heavy (non-hydrogen) atoms. The molecule has 0 radical (unpaired) electrons. The summed E-state index contributed by atoms with van der Waals surface area (Å²) >= 11 is 0. The maximum atomic E-state index is 12.3. The molecule has 0 bridgehead atoms. The number of nitrogens with zero attached hydrogens (tertiary/aromatic N) is 2. The SMILES string of the molecule is CC(C)C[C@@H](Nc1ncc(C(F)F)cn1)C(=O)O. The summed E-state index contributed by atoms with van der Waals surface area (Å²) in [4.78, 5) is 18.3. The van der Waals surface area contributed by atoms with Crippen molar-refractivity contribution in [2.24, 2.45) is 5.92 Å². The molecule has 0 amide bonds. The van der Waals surface area contributed by atoms with E-state index in [1.807, 2.05) is 13.8 Å². The minimum absolute atomic E-state index is 0.0347. The highest BCUT2D eigenvalue weighted by atomic mass is 19.3. The van der Waals surface area contributed by atoms with Gasteiger partial charge in [-0.15, -0.1) is 0 Å². The lowest BCUT2D eigenvalue weighted by atomic mass is 10.0. The average molecular weight is 259 g/mol. The maximum absolute atomic E-state index is 12.3. The second kappa shape index (κ2) is 6.23. The van der Waals surface area contributed by atoms with Gasteiger partial charge in [-0.2, -0.15) is 0 Å². The first-order valence-electron chi connectivity index (χ1n) is 5.49. The van der Waals surface area contributed by atoms with Crippen LogP contribution in [0.25, 0.3) is 0 Å². The number of nitrogens with one attached hydrogen (secondary N) is 1. The van der Waals surface area contributed by atoms with E-state index in [1.54, 1.807) is 0 Å². The summed E-state index contributed by atoms with van der Waals surface area (Å²) in [6, 6.07) is -0.831. The van der Waals surface area contributed by atoms with Gasteiger partial charge in [0.1, 0.15) is 6.04 Å². The highest BCUT2D eigenvalue weighted by molar-refractivity contribution is 5.76. The van der Waals surface area contributed by atoms with Crippen molar-refractivity contribution in [3.05, 3.63) is 18.0 Å². The van der Waals surface area contributed by atoms with E-state index in [1.165, 1.54) is 0 Å². The molecule has 5 nitrogen and oxygen atoms in total. The molecule has 0 aliphatic rings. The fourth-order valence-corrected chi connectivity index (χ4v) is 1.37. The van der Waals surface area contributed by atoms with E-state index in [-0.39, 0.29) is 17.4 Å². The normalized spacial score (nSPS) is 12.8. The molecule has 0 aliphatic heterocycles. The molecular weight excluding hydrogens is 244 g/mol. The number of carboxylic acid groups (broad SMARTS) is 1. The van der Waals surface area contributed by atoms with Gasteiger partial charge in [0.2, 0.25) is 5.95 Å². The van der Waals surface area contributed by atoms with Crippen LogP contribution in [-0.2, 0) is 4.79 Å².